The van der Waals surface area contributed by atoms with Gasteiger partial charge in [0.15, 0.2) is 0 Å². The number of carbonyl (C=O) groups excluding carboxylic acids is 1. The average molecular weight is 355 g/mol. The van der Waals surface area contributed by atoms with Crippen LogP contribution in [0.3, 0.4) is 0 Å². The van der Waals surface area contributed by atoms with E-state index in [0.717, 1.165) is 4.88 Å². The highest BCUT2D eigenvalue weighted by Crippen LogP contribution is 2.20. The van der Waals surface area contributed by atoms with Crippen LogP contribution in [0.25, 0.3) is 0 Å². The first-order valence-electron chi connectivity index (χ1n) is 7.30. The molecule has 4 N–H and O–H groups in total. The van der Waals surface area contributed by atoms with Crippen molar-refractivity contribution in [3.05, 3.63) is 26.9 Å². The highest BCUT2D eigenvalue weighted by molar-refractivity contribution is 7.15. The van der Waals surface area contributed by atoms with Gasteiger partial charge in [0.05, 0.1) is 12.6 Å². The van der Waals surface area contributed by atoms with Crippen LogP contribution in [0.1, 0.15) is 34.1 Å². The van der Waals surface area contributed by atoms with E-state index in [-0.39, 0.29) is 18.7 Å². The lowest BCUT2D eigenvalue weighted by Gasteiger charge is -2.24. The van der Waals surface area contributed by atoms with Gasteiger partial charge in [-0.2, -0.15) is 0 Å². The zero-order valence-corrected chi connectivity index (χ0v) is 14.8. The molecule has 0 fully saturated rings. The molecule has 23 heavy (non-hydrogen) atoms. The Balaban J connectivity index is 2.00. The number of aromatic nitrogens is 2. The molecule has 1 atom stereocenters. The fourth-order valence-electron chi connectivity index (χ4n) is 2.03. The summed E-state index contributed by atoms with van der Waals surface area (Å²) < 4.78 is 0. The molecular weight excluding hydrogens is 334 g/mol. The van der Waals surface area contributed by atoms with Crippen molar-refractivity contribution in [1.82, 2.24) is 20.4 Å². The molecule has 2 amide bonds. The number of aliphatic hydroxyl groups is 1. The molecule has 2 aromatic heterocycles. The number of hydrogen-bond donors (Lipinski definition) is 3. The Bertz CT molecular complexity index is 643. The molecule has 2 aromatic rings. The van der Waals surface area contributed by atoms with Gasteiger partial charge < -0.3 is 21.1 Å². The van der Waals surface area contributed by atoms with Crippen molar-refractivity contribution in [1.29, 1.82) is 0 Å². The van der Waals surface area contributed by atoms with Gasteiger partial charge in [-0.05, 0) is 32.4 Å². The summed E-state index contributed by atoms with van der Waals surface area (Å²) >= 11 is 2.92. The first-order chi connectivity index (χ1) is 11.0. The number of aryl methyl sites for hydroxylation is 1. The van der Waals surface area contributed by atoms with Crippen molar-refractivity contribution >= 4 is 33.8 Å². The Morgan fingerprint density at radius 1 is 1.43 bits per heavy atom. The van der Waals surface area contributed by atoms with Crippen molar-refractivity contribution in [3.63, 3.8) is 0 Å². The normalized spacial score (nSPS) is 12.1. The third kappa shape index (κ3) is 5.15. The van der Waals surface area contributed by atoms with Crippen LogP contribution in [-0.4, -0.2) is 39.4 Å². The fourth-order valence-corrected chi connectivity index (χ4v) is 3.55. The van der Waals surface area contributed by atoms with Gasteiger partial charge in [0, 0.05) is 22.9 Å². The number of thiophene rings is 1. The highest BCUT2D eigenvalue weighted by Gasteiger charge is 2.19. The smallest absolute Gasteiger partial charge is 0.318 e. The number of nitrogens with zero attached hydrogens (tertiary/aromatic N) is 3. The largest absolute Gasteiger partial charge is 0.396 e. The van der Waals surface area contributed by atoms with E-state index in [9.17, 15) is 4.79 Å². The van der Waals surface area contributed by atoms with E-state index in [1.54, 1.807) is 16.2 Å². The summed E-state index contributed by atoms with van der Waals surface area (Å²) in [6, 6.07) is 3.60. The minimum absolute atomic E-state index is 0.0513. The second-order valence-electron chi connectivity index (χ2n) is 5.16. The summed E-state index contributed by atoms with van der Waals surface area (Å²) in [7, 11) is 0. The van der Waals surface area contributed by atoms with Crippen molar-refractivity contribution in [2.45, 2.75) is 32.9 Å². The number of aliphatic hydroxyl groups excluding tert-OH is 1. The van der Waals surface area contributed by atoms with Crippen LogP contribution in [-0.2, 0) is 6.54 Å². The molecular formula is C14H21N5O2S2. The van der Waals surface area contributed by atoms with Crippen molar-refractivity contribution in [2.24, 2.45) is 0 Å². The number of nitrogen functional groups attached to an aromatic ring is 1. The second-order valence-corrected chi connectivity index (χ2v) is 7.57. The molecule has 126 valence electrons. The van der Waals surface area contributed by atoms with E-state index in [1.165, 1.54) is 16.2 Å². The van der Waals surface area contributed by atoms with Crippen molar-refractivity contribution in [3.8, 4) is 0 Å². The van der Waals surface area contributed by atoms with E-state index in [0.29, 0.717) is 29.6 Å². The van der Waals surface area contributed by atoms with Crippen molar-refractivity contribution in [2.75, 3.05) is 18.9 Å². The first kappa shape index (κ1) is 17.6. The maximum absolute atomic E-state index is 12.5. The molecule has 0 unspecified atom stereocenters. The van der Waals surface area contributed by atoms with Crippen LogP contribution in [0.5, 0.6) is 0 Å². The van der Waals surface area contributed by atoms with Gasteiger partial charge in [-0.25, -0.2) is 4.79 Å². The van der Waals surface area contributed by atoms with Crippen LogP contribution < -0.4 is 11.1 Å². The molecule has 0 bridgehead atoms. The maximum atomic E-state index is 12.5. The summed E-state index contributed by atoms with van der Waals surface area (Å²) in [5.74, 6) is 0. The van der Waals surface area contributed by atoms with E-state index >= 15 is 0 Å². The number of anilines is 1. The van der Waals surface area contributed by atoms with E-state index in [2.05, 4.69) is 15.5 Å². The Hall–Kier alpha value is -1.71. The minimum atomic E-state index is -0.265. The van der Waals surface area contributed by atoms with E-state index in [1.807, 2.05) is 26.0 Å². The number of hydrogen-bond acceptors (Lipinski definition) is 7. The Labute approximate surface area is 143 Å². The molecule has 0 saturated heterocycles. The Morgan fingerprint density at radius 2 is 2.22 bits per heavy atom. The second kappa shape index (κ2) is 8.23. The third-order valence-corrected chi connectivity index (χ3v) is 5.10. The monoisotopic (exact) mass is 355 g/mol. The Morgan fingerprint density at radius 3 is 2.78 bits per heavy atom. The molecule has 0 radical (unpaired) electrons. The van der Waals surface area contributed by atoms with Crippen LogP contribution in [0, 0.1) is 6.92 Å². The third-order valence-electron chi connectivity index (χ3n) is 3.18. The number of nitrogens with one attached hydrogen (secondary N) is 1. The van der Waals surface area contributed by atoms with Gasteiger partial charge in [0.1, 0.15) is 5.01 Å². The van der Waals surface area contributed by atoms with Crippen LogP contribution in [0.15, 0.2) is 12.1 Å². The van der Waals surface area contributed by atoms with Gasteiger partial charge in [-0.1, -0.05) is 11.3 Å². The lowest BCUT2D eigenvalue weighted by Crippen LogP contribution is -2.41. The molecule has 0 saturated carbocycles. The molecule has 0 aromatic carbocycles. The minimum Gasteiger partial charge on any atom is -0.396 e. The zero-order valence-electron chi connectivity index (χ0n) is 13.2. The lowest BCUT2D eigenvalue weighted by molar-refractivity contribution is 0.184. The summed E-state index contributed by atoms with van der Waals surface area (Å²) in [5.41, 5.74) is 5.57. The number of carbonyl (C=O) groups is 1. The van der Waals surface area contributed by atoms with Crippen molar-refractivity contribution < 1.29 is 9.90 Å². The fraction of sp³-hybridized carbons (Fsp3) is 0.500. The summed E-state index contributed by atoms with van der Waals surface area (Å²) in [5, 5.41) is 20.7. The molecule has 0 aliphatic rings. The number of nitrogens with two attached hydrogens (primary N) is 1. The molecule has 0 spiro atoms. The van der Waals surface area contributed by atoms with Crippen LogP contribution in [0.4, 0.5) is 9.93 Å². The molecule has 2 rings (SSSR count). The molecule has 2 heterocycles. The number of amides is 2. The molecule has 0 aliphatic carbocycles. The van der Waals surface area contributed by atoms with Gasteiger partial charge in [0.2, 0.25) is 5.13 Å². The quantitative estimate of drug-likeness (QED) is 0.706. The summed E-state index contributed by atoms with van der Waals surface area (Å²) in [6.07, 6.45) is 0.540. The van der Waals surface area contributed by atoms with Gasteiger partial charge in [-0.3, -0.25) is 0 Å². The van der Waals surface area contributed by atoms with Gasteiger partial charge in [0.25, 0.3) is 0 Å². The predicted octanol–water partition coefficient (Wildman–Crippen LogP) is 2.15. The Kier molecular flexibility index (Phi) is 6.31. The highest BCUT2D eigenvalue weighted by atomic mass is 32.1. The SMILES string of the molecule is Cc1ccc(CN(CCCO)C(=O)N[C@H](C)c2nnc(N)s2)s1. The van der Waals surface area contributed by atoms with Gasteiger partial charge in [-0.15, -0.1) is 21.5 Å². The molecule has 9 heteroatoms. The average Bonchev–Trinajstić information content (AvgIpc) is 3.12. The predicted molar refractivity (Wildman–Crippen MR) is 92.4 cm³/mol. The lowest BCUT2D eigenvalue weighted by atomic mass is 10.3. The summed E-state index contributed by atoms with van der Waals surface area (Å²) in [4.78, 5) is 16.5. The van der Waals surface area contributed by atoms with Gasteiger partial charge >= 0.3 is 6.03 Å². The van der Waals surface area contributed by atoms with Crippen LogP contribution in [0.2, 0.25) is 0 Å². The van der Waals surface area contributed by atoms with E-state index in [4.69, 9.17) is 10.8 Å². The van der Waals surface area contributed by atoms with E-state index < -0.39 is 0 Å². The number of urea groups is 1. The maximum Gasteiger partial charge on any atom is 0.318 e. The number of rotatable bonds is 7. The standard InChI is InChI=1S/C14H21N5O2S2/c1-9-4-5-11(22-9)8-19(6-3-7-20)14(21)16-10(2)12-17-18-13(15)23-12/h4-5,10,20H,3,6-8H2,1-2H3,(H2,15,18)(H,16,21)/t10-/m1/s1. The summed E-state index contributed by atoms with van der Waals surface area (Å²) in [6.45, 7) is 4.95. The topological polar surface area (TPSA) is 104 Å². The zero-order chi connectivity index (χ0) is 16.8. The first-order valence-corrected chi connectivity index (χ1v) is 8.93. The molecule has 7 nitrogen and oxygen atoms in total. The molecule has 0 aliphatic heterocycles. The van der Waals surface area contributed by atoms with Crippen LogP contribution >= 0.6 is 22.7 Å².